The molecule has 0 heterocycles. The number of amides is 1. The molecular weight excluding hydrogens is 314 g/mol. The minimum Gasteiger partial charge on any atom is -0.465 e. The van der Waals surface area contributed by atoms with Crippen molar-refractivity contribution in [3.8, 4) is 6.07 Å². The number of halogens is 1. The van der Waals surface area contributed by atoms with E-state index in [4.69, 9.17) is 15.1 Å². The van der Waals surface area contributed by atoms with Crippen LogP contribution in [-0.4, -0.2) is 37.5 Å². The lowest BCUT2D eigenvalue weighted by molar-refractivity contribution is 0.154. The van der Waals surface area contributed by atoms with Crippen molar-refractivity contribution in [3.05, 3.63) is 28.2 Å². The molecule has 0 saturated carbocycles. The van der Waals surface area contributed by atoms with Gasteiger partial charge in [0.1, 0.15) is 6.07 Å². The fourth-order valence-corrected chi connectivity index (χ4v) is 1.95. The molecule has 0 fully saturated rings. The van der Waals surface area contributed by atoms with E-state index < -0.39 is 6.09 Å². The molecule has 0 aliphatic heterocycles. The summed E-state index contributed by atoms with van der Waals surface area (Å²) in [5.74, 6) is 0. The maximum atomic E-state index is 10.6. The first-order valence-electron chi connectivity index (χ1n) is 5.48. The molecule has 1 amide bonds. The lowest BCUT2D eigenvalue weighted by Crippen LogP contribution is -2.42. The smallest absolute Gasteiger partial charge is 0.405 e. The van der Waals surface area contributed by atoms with Crippen molar-refractivity contribution in [2.24, 2.45) is 0 Å². The Bertz CT molecular complexity index is 488. The summed E-state index contributed by atoms with van der Waals surface area (Å²) in [6.07, 6.45) is -1.09. The van der Waals surface area contributed by atoms with Crippen molar-refractivity contribution in [2.45, 2.75) is 6.04 Å². The predicted octanol–water partition coefficient (Wildman–Crippen LogP) is 2.02. The van der Waals surface area contributed by atoms with Gasteiger partial charge in [-0.15, -0.1) is 0 Å². The molecular formula is C12H14BrN3O3. The molecule has 6 nitrogen and oxygen atoms in total. The molecule has 7 heteroatoms. The molecule has 102 valence electrons. The Hall–Kier alpha value is -1.78. The Kier molecular flexibility index (Phi) is 6.12. The Labute approximate surface area is 119 Å². The summed E-state index contributed by atoms with van der Waals surface area (Å²) < 4.78 is 5.62. The van der Waals surface area contributed by atoms with E-state index in [1.807, 2.05) is 6.07 Å². The van der Waals surface area contributed by atoms with Gasteiger partial charge in [-0.1, -0.05) is 0 Å². The topological polar surface area (TPSA) is 94.4 Å². The maximum absolute atomic E-state index is 10.6. The molecule has 0 aliphatic rings. The van der Waals surface area contributed by atoms with E-state index in [-0.39, 0.29) is 12.6 Å². The molecule has 0 radical (unpaired) electrons. The quantitative estimate of drug-likeness (QED) is 0.743. The second-order valence-corrected chi connectivity index (χ2v) is 4.64. The zero-order valence-corrected chi connectivity index (χ0v) is 11.9. The number of nitrogens with one attached hydrogen (secondary N) is 2. The van der Waals surface area contributed by atoms with Crippen LogP contribution in [-0.2, 0) is 4.74 Å². The number of nitriles is 1. The van der Waals surface area contributed by atoms with E-state index in [1.54, 1.807) is 18.2 Å². The fraction of sp³-hybridized carbons (Fsp3) is 0.333. The first-order valence-corrected chi connectivity index (χ1v) is 6.28. The van der Waals surface area contributed by atoms with Gasteiger partial charge in [-0.05, 0) is 34.1 Å². The van der Waals surface area contributed by atoms with Gasteiger partial charge in [-0.3, -0.25) is 0 Å². The third-order valence-electron chi connectivity index (χ3n) is 2.34. The molecule has 0 aliphatic carbocycles. The zero-order chi connectivity index (χ0) is 14.3. The second kappa shape index (κ2) is 7.61. The van der Waals surface area contributed by atoms with Gasteiger partial charge in [0.25, 0.3) is 0 Å². The highest BCUT2D eigenvalue weighted by atomic mass is 79.9. The number of methoxy groups -OCH3 is 1. The SMILES string of the molecule is COCC(CNc1ccc(C#N)c(Br)c1)NC(=O)O. The minimum absolute atomic E-state index is 0.275. The highest BCUT2D eigenvalue weighted by molar-refractivity contribution is 9.10. The van der Waals surface area contributed by atoms with Crippen LogP contribution in [0.2, 0.25) is 0 Å². The lowest BCUT2D eigenvalue weighted by atomic mass is 10.2. The van der Waals surface area contributed by atoms with Crippen LogP contribution in [0.5, 0.6) is 0 Å². The first-order chi connectivity index (χ1) is 9.06. The summed E-state index contributed by atoms with van der Waals surface area (Å²) in [5, 5.41) is 22.9. The standard InChI is InChI=1S/C12H14BrN3O3/c1-19-7-10(16-12(17)18)6-15-9-3-2-8(5-14)11(13)4-9/h2-4,10,15-16H,6-7H2,1H3,(H,17,18). The van der Waals surface area contributed by atoms with Gasteiger partial charge in [0.2, 0.25) is 0 Å². The molecule has 0 spiro atoms. The summed E-state index contributed by atoms with van der Waals surface area (Å²) in [4.78, 5) is 10.6. The van der Waals surface area contributed by atoms with Gasteiger partial charge >= 0.3 is 6.09 Å². The average molecular weight is 328 g/mol. The van der Waals surface area contributed by atoms with Crippen LogP contribution in [0, 0.1) is 11.3 Å². The molecule has 1 atom stereocenters. The van der Waals surface area contributed by atoms with Crippen molar-refractivity contribution in [1.82, 2.24) is 5.32 Å². The number of rotatable bonds is 6. The van der Waals surface area contributed by atoms with Crippen LogP contribution in [0.4, 0.5) is 10.5 Å². The van der Waals surface area contributed by atoms with E-state index in [2.05, 4.69) is 26.6 Å². The van der Waals surface area contributed by atoms with Gasteiger partial charge < -0.3 is 20.5 Å². The number of carbonyl (C=O) groups is 1. The number of hydrogen-bond acceptors (Lipinski definition) is 4. The van der Waals surface area contributed by atoms with Crippen LogP contribution >= 0.6 is 15.9 Å². The Balaban J connectivity index is 2.61. The van der Waals surface area contributed by atoms with Crippen LogP contribution in [0.15, 0.2) is 22.7 Å². The van der Waals surface area contributed by atoms with Crippen LogP contribution in [0.25, 0.3) is 0 Å². The van der Waals surface area contributed by atoms with Crippen LogP contribution in [0.1, 0.15) is 5.56 Å². The molecule has 0 bridgehead atoms. The molecule has 1 aromatic carbocycles. The molecule has 19 heavy (non-hydrogen) atoms. The largest absolute Gasteiger partial charge is 0.465 e. The molecule has 0 aromatic heterocycles. The number of nitrogens with zero attached hydrogens (tertiary/aromatic N) is 1. The molecule has 0 saturated heterocycles. The number of benzene rings is 1. The normalized spacial score (nSPS) is 11.4. The third-order valence-corrected chi connectivity index (χ3v) is 2.99. The van der Waals surface area contributed by atoms with Crippen LogP contribution < -0.4 is 10.6 Å². The summed E-state index contributed by atoms with van der Waals surface area (Å²) in [6.45, 7) is 0.662. The van der Waals surface area contributed by atoms with Gasteiger partial charge in [0.15, 0.2) is 0 Å². The second-order valence-electron chi connectivity index (χ2n) is 3.79. The zero-order valence-electron chi connectivity index (χ0n) is 10.3. The maximum Gasteiger partial charge on any atom is 0.405 e. The summed E-state index contributed by atoms with van der Waals surface area (Å²) >= 11 is 3.29. The molecule has 1 rings (SSSR count). The number of carboxylic acid groups (broad SMARTS) is 1. The Morgan fingerprint density at radius 2 is 2.37 bits per heavy atom. The van der Waals surface area contributed by atoms with E-state index in [0.717, 1.165) is 5.69 Å². The molecule has 1 aromatic rings. The van der Waals surface area contributed by atoms with Crippen molar-refractivity contribution >= 4 is 27.7 Å². The average Bonchev–Trinajstić information content (AvgIpc) is 2.36. The highest BCUT2D eigenvalue weighted by Gasteiger charge is 2.11. The van der Waals surface area contributed by atoms with Crippen molar-refractivity contribution in [2.75, 3.05) is 25.6 Å². The minimum atomic E-state index is -1.09. The van der Waals surface area contributed by atoms with E-state index >= 15 is 0 Å². The first kappa shape index (κ1) is 15.3. The monoisotopic (exact) mass is 327 g/mol. The Morgan fingerprint density at radius 3 is 2.89 bits per heavy atom. The van der Waals surface area contributed by atoms with Crippen molar-refractivity contribution in [1.29, 1.82) is 5.26 Å². The third kappa shape index (κ3) is 5.16. The highest BCUT2D eigenvalue weighted by Crippen LogP contribution is 2.20. The van der Waals surface area contributed by atoms with Crippen molar-refractivity contribution in [3.63, 3.8) is 0 Å². The van der Waals surface area contributed by atoms with Gasteiger partial charge in [0.05, 0.1) is 18.2 Å². The van der Waals surface area contributed by atoms with Gasteiger partial charge in [-0.2, -0.15) is 5.26 Å². The number of hydrogen-bond donors (Lipinski definition) is 3. The van der Waals surface area contributed by atoms with Crippen molar-refractivity contribution < 1.29 is 14.6 Å². The van der Waals surface area contributed by atoms with E-state index in [9.17, 15) is 4.79 Å². The van der Waals surface area contributed by atoms with Crippen LogP contribution in [0.3, 0.4) is 0 Å². The predicted molar refractivity (Wildman–Crippen MR) is 74.2 cm³/mol. The summed E-state index contributed by atoms with van der Waals surface area (Å²) in [5.41, 5.74) is 1.34. The fourth-order valence-electron chi connectivity index (χ4n) is 1.48. The summed E-state index contributed by atoms with van der Waals surface area (Å²) in [7, 11) is 1.51. The van der Waals surface area contributed by atoms with E-state index in [0.29, 0.717) is 16.6 Å². The van der Waals surface area contributed by atoms with Gasteiger partial charge in [0, 0.05) is 23.8 Å². The number of anilines is 1. The molecule has 1 unspecified atom stereocenters. The van der Waals surface area contributed by atoms with E-state index in [1.165, 1.54) is 7.11 Å². The summed E-state index contributed by atoms with van der Waals surface area (Å²) in [6, 6.07) is 6.91. The lowest BCUT2D eigenvalue weighted by Gasteiger charge is -2.17. The van der Waals surface area contributed by atoms with Gasteiger partial charge in [-0.25, -0.2) is 4.79 Å². The molecule has 3 N–H and O–H groups in total. The Morgan fingerprint density at radius 1 is 1.63 bits per heavy atom. The number of ether oxygens (including phenoxy) is 1.